The minimum Gasteiger partial charge on any atom is -0.497 e. The lowest BCUT2D eigenvalue weighted by Gasteiger charge is -2.19. The van der Waals surface area contributed by atoms with Gasteiger partial charge in [0.2, 0.25) is 0 Å². The van der Waals surface area contributed by atoms with Crippen LogP contribution in [0, 0.1) is 0 Å². The fourth-order valence-electron chi connectivity index (χ4n) is 2.82. The van der Waals surface area contributed by atoms with Gasteiger partial charge in [0.05, 0.1) is 14.2 Å². The fraction of sp³-hybridized carbons (Fsp3) is 0.350. The van der Waals surface area contributed by atoms with E-state index in [1.165, 1.54) is 11.1 Å². The Morgan fingerprint density at radius 1 is 0.875 bits per heavy atom. The van der Waals surface area contributed by atoms with Crippen molar-refractivity contribution in [3.63, 3.8) is 0 Å². The van der Waals surface area contributed by atoms with Crippen molar-refractivity contribution in [2.24, 2.45) is 0 Å². The van der Waals surface area contributed by atoms with Gasteiger partial charge < -0.3 is 14.6 Å². The van der Waals surface area contributed by atoms with Crippen LogP contribution in [0.4, 0.5) is 0 Å². The minimum absolute atomic E-state index is 0.220. The monoisotopic (exact) mass is 328 g/mol. The summed E-state index contributed by atoms with van der Waals surface area (Å²) < 4.78 is 10.5. The molecule has 0 aliphatic heterocycles. The van der Waals surface area contributed by atoms with Gasteiger partial charge in [-0.05, 0) is 48.2 Å². The highest BCUT2D eigenvalue weighted by molar-refractivity contribution is 5.66. The summed E-state index contributed by atoms with van der Waals surface area (Å²) in [5.41, 5.74) is 2.41. The molecule has 0 spiro atoms. The maximum atomic E-state index is 10.7. The Labute approximate surface area is 143 Å². The number of rotatable bonds is 9. The number of aliphatic carboxylic acids is 1. The maximum absolute atomic E-state index is 10.7. The van der Waals surface area contributed by atoms with Crippen LogP contribution in [0.25, 0.3) is 0 Å². The summed E-state index contributed by atoms with van der Waals surface area (Å²) in [7, 11) is 3.31. The van der Waals surface area contributed by atoms with Gasteiger partial charge in [-0.25, -0.2) is 0 Å². The zero-order chi connectivity index (χ0) is 17.4. The van der Waals surface area contributed by atoms with E-state index < -0.39 is 5.97 Å². The van der Waals surface area contributed by atoms with Gasteiger partial charge in [-0.1, -0.05) is 30.7 Å². The topological polar surface area (TPSA) is 55.8 Å². The number of carboxylic acid groups (broad SMARTS) is 1. The highest BCUT2D eigenvalue weighted by Crippen LogP contribution is 2.32. The van der Waals surface area contributed by atoms with Crippen LogP contribution in [0.2, 0.25) is 0 Å². The van der Waals surface area contributed by atoms with E-state index in [1.807, 2.05) is 24.3 Å². The van der Waals surface area contributed by atoms with Crippen LogP contribution in [-0.4, -0.2) is 25.3 Å². The first-order valence-corrected chi connectivity index (χ1v) is 8.13. The van der Waals surface area contributed by atoms with E-state index in [-0.39, 0.29) is 12.3 Å². The smallest absolute Gasteiger partial charge is 0.303 e. The van der Waals surface area contributed by atoms with Crippen LogP contribution >= 0.6 is 0 Å². The molecule has 128 valence electrons. The Kier molecular flexibility index (Phi) is 6.67. The summed E-state index contributed by atoms with van der Waals surface area (Å²) in [5, 5.41) is 8.80. The van der Waals surface area contributed by atoms with Crippen molar-refractivity contribution in [1.82, 2.24) is 0 Å². The fourth-order valence-corrected chi connectivity index (χ4v) is 2.82. The number of carboxylic acids is 1. The molecule has 0 heterocycles. The van der Waals surface area contributed by atoms with Crippen LogP contribution in [-0.2, 0) is 4.79 Å². The molecule has 0 aliphatic carbocycles. The van der Waals surface area contributed by atoms with Crippen molar-refractivity contribution in [2.45, 2.75) is 31.6 Å². The molecular weight excluding hydrogens is 304 g/mol. The summed E-state index contributed by atoms with van der Waals surface area (Å²) in [5.74, 6) is 1.16. The van der Waals surface area contributed by atoms with Crippen molar-refractivity contribution in [1.29, 1.82) is 0 Å². The molecule has 4 nitrogen and oxygen atoms in total. The van der Waals surface area contributed by atoms with E-state index >= 15 is 0 Å². The lowest BCUT2D eigenvalue weighted by Crippen LogP contribution is -2.03. The number of hydrogen-bond acceptors (Lipinski definition) is 3. The first-order chi connectivity index (χ1) is 11.6. The van der Waals surface area contributed by atoms with Gasteiger partial charge in [0.1, 0.15) is 11.5 Å². The quantitative estimate of drug-likeness (QED) is 0.690. The molecule has 2 aromatic rings. The van der Waals surface area contributed by atoms with E-state index in [2.05, 4.69) is 24.3 Å². The molecule has 2 rings (SSSR count). The standard InChI is InChI=1S/C20H24O4/c1-23-17-11-7-15(8-12-17)19(5-3-4-6-20(21)22)16-9-13-18(24-2)14-10-16/h7-14,19H,3-6H2,1-2H3,(H,21,22). The van der Waals surface area contributed by atoms with Crippen molar-refractivity contribution in [3.05, 3.63) is 59.7 Å². The molecular formula is C20H24O4. The van der Waals surface area contributed by atoms with Crippen LogP contribution in [0.15, 0.2) is 48.5 Å². The van der Waals surface area contributed by atoms with Gasteiger partial charge in [0.25, 0.3) is 0 Å². The van der Waals surface area contributed by atoms with Gasteiger partial charge in [0, 0.05) is 12.3 Å². The highest BCUT2D eigenvalue weighted by Gasteiger charge is 2.15. The van der Waals surface area contributed by atoms with E-state index in [4.69, 9.17) is 14.6 Å². The molecule has 4 heteroatoms. The number of hydrogen-bond donors (Lipinski definition) is 1. The number of ether oxygens (including phenoxy) is 2. The molecule has 0 aromatic heterocycles. The van der Waals surface area contributed by atoms with Gasteiger partial charge in [0.15, 0.2) is 0 Å². The van der Waals surface area contributed by atoms with E-state index in [1.54, 1.807) is 14.2 Å². The molecule has 1 N–H and O–H groups in total. The van der Waals surface area contributed by atoms with E-state index in [0.717, 1.165) is 24.3 Å². The third-order valence-corrected chi connectivity index (χ3v) is 4.17. The second kappa shape index (κ2) is 8.96. The zero-order valence-corrected chi connectivity index (χ0v) is 14.2. The Hall–Kier alpha value is -2.49. The molecule has 0 fully saturated rings. The molecule has 24 heavy (non-hydrogen) atoms. The number of carbonyl (C=O) groups is 1. The Morgan fingerprint density at radius 2 is 1.33 bits per heavy atom. The molecule has 0 amide bonds. The second-order valence-corrected chi connectivity index (χ2v) is 5.74. The summed E-state index contributed by atoms with van der Waals surface area (Å²) >= 11 is 0. The number of benzene rings is 2. The Bertz CT molecular complexity index is 584. The van der Waals surface area contributed by atoms with Crippen molar-refractivity contribution in [2.75, 3.05) is 14.2 Å². The summed E-state index contributed by atoms with van der Waals surface area (Å²) in [6.45, 7) is 0. The summed E-state index contributed by atoms with van der Waals surface area (Å²) in [6, 6.07) is 16.1. The van der Waals surface area contributed by atoms with Crippen LogP contribution in [0.1, 0.15) is 42.7 Å². The Balaban J connectivity index is 2.16. The lowest BCUT2D eigenvalue weighted by atomic mass is 9.87. The Morgan fingerprint density at radius 3 is 1.71 bits per heavy atom. The van der Waals surface area contributed by atoms with E-state index in [0.29, 0.717) is 6.42 Å². The SMILES string of the molecule is COc1ccc(C(CCCCC(=O)O)c2ccc(OC)cc2)cc1. The van der Waals surface area contributed by atoms with Gasteiger partial charge in [-0.2, -0.15) is 0 Å². The summed E-state index contributed by atoms with van der Waals surface area (Å²) in [6.07, 6.45) is 2.69. The average Bonchev–Trinajstić information content (AvgIpc) is 2.62. The minimum atomic E-state index is -0.736. The average molecular weight is 328 g/mol. The zero-order valence-electron chi connectivity index (χ0n) is 14.2. The second-order valence-electron chi connectivity index (χ2n) is 5.74. The first-order valence-electron chi connectivity index (χ1n) is 8.13. The third kappa shape index (κ3) is 5.01. The normalized spacial score (nSPS) is 10.6. The van der Waals surface area contributed by atoms with Crippen LogP contribution in [0.3, 0.4) is 0 Å². The van der Waals surface area contributed by atoms with Crippen molar-refractivity contribution in [3.8, 4) is 11.5 Å². The molecule has 0 radical (unpaired) electrons. The first kappa shape index (κ1) is 17.9. The predicted octanol–water partition coefficient (Wildman–Crippen LogP) is 4.48. The number of methoxy groups -OCH3 is 2. The molecule has 0 saturated heterocycles. The lowest BCUT2D eigenvalue weighted by molar-refractivity contribution is -0.137. The largest absolute Gasteiger partial charge is 0.497 e. The van der Waals surface area contributed by atoms with Gasteiger partial charge in [-0.3, -0.25) is 4.79 Å². The predicted molar refractivity (Wildman–Crippen MR) is 93.9 cm³/mol. The third-order valence-electron chi connectivity index (χ3n) is 4.17. The molecule has 0 saturated carbocycles. The highest BCUT2D eigenvalue weighted by atomic mass is 16.5. The molecule has 0 bridgehead atoms. The van der Waals surface area contributed by atoms with Crippen molar-refractivity contribution >= 4 is 5.97 Å². The van der Waals surface area contributed by atoms with Gasteiger partial charge >= 0.3 is 5.97 Å². The maximum Gasteiger partial charge on any atom is 0.303 e. The number of unbranched alkanes of at least 4 members (excludes halogenated alkanes) is 1. The molecule has 2 aromatic carbocycles. The van der Waals surface area contributed by atoms with Crippen LogP contribution < -0.4 is 9.47 Å². The van der Waals surface area contributed by atoms with E-state index in [9.17, 15) is 4.79 Å². The molecule has 0 atom stereocenters. The van der Waals surface area contributed by atoms with Crippen molar-refractivity contribution < 1.29 is 19.4 Å². The van der Waals surface area contributed by atoms with Gasteiger partial charge in [-0.15, -0.1) is 0 Å². The molecule has 0 aliphatic rings. The molecule has 0 unspecified atom stereocenters. The summed E-state index contributed by atoms with van der Waals surface area (Å²) in [4.78, 5) is 10.7. The van der Waals surface area contributed by atoms with Crippen LogP contribution in [0.5, 0.6) is 11.5 Å².